The molecule has 0 bridgehead atoms. The Morgan fingerprint density at radius 2 is 2.50 bits per heavy atom. The number of aliphatic hydroxyl groups excluding tert-OH is 1. The average molecular weight is 140 g/mol. The Morgan fingerprint density at radius 1 is 1.70 bits per heavy atom. The van der Waals surface area contributed by atoms with Crippen LogP contribution in [0.25, 0.3) is 0 Å². The Kier molecular flexibility index (Phi) is 2.63. The standard InChI is InChI=1S/C8H12O2/c9-6-5-7-3-1-2-4-8(7)10/h1,3,7,9H,2,4-6H2. The van der Waals surface area contributed by atoms with Gasteiger partial charge in [-0.1, -0.05) is 12.2 Å². The van der Waals surface area contributed by atoms with Crippen molar-refractivity contribution in [2.24, 2.45) is 5.92 Å². The van der Waals surface area contributed by atoms with E-state index in [1.54, 1.807) is 0 Å². The molecule has 0 radical (unpaired) electrons. The first-order chi connectivity index (χ1) is 4.84. The summed E-state index contributed by atoms with van der Waals surface area (Å²) in [6.07, 6.45) is 6.04. The molecule has 0 saturated heterocycles. The van der Waals surface area contributed by atoms with E-state index in [-0.39, 0.29) is 18.3 Å². The van der Waals surface area contributed by atoms with Gasteiger partial charge in [0.25, 0.3) is 0 Å². The molecule has 2 heteroatoms. The van der Waals surface area contributed by atoms with Gasteiger partial charge in [0.2, 0.25) is 0 Å². The minimum atomic E-state index is -0.00116. The van der Waals surface area contributed by atoms with Crippen LogP contribution in [0.15, 0.2) is 12.2 Å². The topological polar surface area (TPSA) is 37.3 Å². The predicted molar refractivity (Wildman–Crippen MR) is 38.6 cm³/mol. The summed E-state index contributed by atoms with van der Waals surface area (Å²) in [4.78, 5) is 11.0. The molecule has 0 aromatic rings. The number of carbonyl (C=O) groups is 1. The van der Waals surface area contributed by atoms with Crippen LogP contribution in [0.1, 0.15) is 19.3 Å². The Balaban J connectivity index is 2.47. The molecule has 1 aliphatic carbocycles. The molecule has 0 fully saturated rings. The first-order valence-electron chi connectivity index (χ1n) is 3.65. The van der Waals surface area contributed by atoms with Gasteiger partial charge in [0.15, 0.2) is 0 Å². The molecule has 0 spiro atoms. The summed E-state index contributed by atoms with van der Waals surface area (Å²) in [5.74, 6) is 0.273. The molecule has 1 unspecified atom stereocenters. The highest BCUT2D eigenvalue weighted by atomic mass is 16.3. The molecule has 1 N–H and O–H groups in total. The van der Waals surface area contributed by atoms with Gasteiger partial charge in [-0.3, -0.25) is 4.79 Å². The van der Waals surface area contributed by atoms with Gasteiger partial charge in [0.05, 0.1) is 0 Å². The van der Waals surface area contributed by atoms with Gasteiger partial charge < -0.3 is 5.11 Å². The number of ketones is 1. The van der Waals surface area contributed by atoms with Gasteiger partial charge >= 0.3 is 0 Å². The highest BCUT2D eigenvalue weighted by Crippen LogP contribution is 2.15. The summed E-state index contributed by atoms with van der Waals surface area (Å²) >= 11 is 0. The third-order valence-corrected chi connectivity index (χ3v) is 1.78. The van der Waals surface area contributed by atoms with Crippen molar-refractivity contribution < 1.29 is 9.90 Å². The van der Waals surface area contributed by atoms with Crippen LogP contribution >= 0.6 is 0 Å². The van der Waals surface area contributed by atoms with Crippen molar-refractivity contribution in [3.8, 4) is 0 Å². The number of hydrogen-bond donors (Lipinski definition) is 1. The van der Waals surface area contributed by atoms with Gasteiger partial charge in [-0.15, -0.1) is 0 Å². The van der Waals surface area contributed by atoms with Gasteiger partial charge in [0.1, 0.15) is 5.78 Å². The third-order valence-electron chi connectivity index (χ3n) is 1.78. The summed E-state index contributed by atoms with van der Waals surface area (Å²) in [6.45, 7) is 0.112. The van der Waals surface area contributed by atoms with E-state index < -0.39 is 0 Å². The van der Waals surface area contributed by atoms with E-state index in [9.17, 15) is 4.79 Å². The second kappa shape index (κ2) is 3.52. The maximum absolute atomic E-state index is 11.0. The van der Waals surface area contributed by atoms with E-state index in [1.807, 2.05) is 12.2 Å². The lowest BCUT2D eigenvalue weighted by Crippen LogP contribution is -2.15. The van der Waals surface area contributed by atoms with Gasteiger partial charge in [-0.2, -0.15) is 0 Å². The lowest BCUT2D eigenvalue weighted by molar-refractivity contribution is -0.122. The van der Waals surface area contributed by atoms with Crippen LogP contribution in [0, 0.1) is 5.92 Å². The second-order valence-corrected chi connectivity index (χ2v) is 2.55. The Bertz CT molecular complexity index is 149. The average Bonchev–Trinajstić information content (AvgIpc) is 1.94. The fourth-order valence-corrected chi connectivity index (χ4v) is 1.18. The maximum Gasteiger partial charge on any atom is 0.140 e. The zero-order valence-electron chi connectivity index (χ0n) is 5.92. The number of allylic oxidation sites excluding steroid dienone is 2. The normalized spacial score (nSPS) is 25.3. The van der Waals surface area contributed by atoms with Crippen molar-refractivity contribution in [3.63, 3.8) is 0 Å². The summed E-state index contributed by atoms with van der Waals surface area (Å²) in [7, 11) is 0. The van der Waals surface area contributed by atoms with Crippen LogP contribution < -0.4 is 0 Å². The fraction of sp³-hybridized carbons (Fsp3) is 0.625. The minimum absolute atomic E-state index is 0.00116. The zero-order valence-corrected chi connectivity index (χ0v) is 5.92. The Hall–Kier alpha value is -0.630. The molecule has 0 aliphatic heterocycles. The fourth-order valence-electron chi connectivity index (χ4n) is 1.18. The summed E-state index contributed by atoms with van der Waals surface area (Å²) in [5.41, 5.74) is 0. The Morgan fingerprint density at radius 3 is 3.10 bits per heavy atom. The third kappa shape index (κ3) is 1.67. The number of hydrogen-bond acceptors (Lipinski definition) is 2. The molecule has 0 amide bonds. The first kappa shape index (κ1) is 7.48. The molecule has 0 heterocycles. The first-order valence-corrected chi connectivity index (χ1v) is 3.65. The smallest absolute Gasteiger partial charge is 0.140 e. The Labute approximate surface area is 60.6 Å². The van der Waals surface area contributed by atoms with Gasteiger partial charge in [-0.05, 0) is 12.8 Å². The maximum atomic E-state index is 11.0. The molecule has 1 atom stereocenters. The largest absolute Gasteiger partial charge is 0.396 e. The highest BCUT2D eigenvalue weighted by Gasteiger charge is 2.16. The molecular weight excluding hydrogens is 128 g/mol. The van der Waals surface area contributed by atoms with Crippen LogP contribution in [0.4, 0.5) is 0 Å². The number of carbonyl (C=O) groups excluding carboxylic acids is 1. The summed E-state index contributed by atoms with van der Waals surface area (Å²) < 4.78 is 0. The van der Waals surface area contributed by atoms with Gasteiger partial charge in [-0.25, -0.2) is 0 Å². The molecule has 0 saturated carbocycles. The van der Waals surface area contributed by atoms with Crippen molar-refractivity contribution in [1.29, 1.82) is 0 Å². The van der Waals surface area contributed by atoms with E-state index in [4.69, 9.17) is 5.11 Å². The molecule has 56 valence electrons. The van der Waals surface area contributed by atoms with Crippen molar-refractivity contribution in [2.45, 2.75) is 19.3 Å². The quantitative estimate of drug-likeness (QED) is 0.579. The van der Waals surface area contributed by atoms with E-state index in [0.717, 1.165) is 6.42 Å². The zero-order chi connectivity index (χ0) is 7.40. The molecule has 2 nitrogen and oxygen atoms in total. The second-order valence-electron chi connectivity index (χ2n) is 2.55. The van der Waals surface area contributed by atoms with Crippen LogP contribution in [-0.2, 0) is 4.79 Å². The van der Waals surface area contributed by atoms with E-state index in [0.29, 0.717) is 12.8 Å². The number of Topliss-reactive ketones (excluding diaryl/α,β-unsaturated/α-hetero) is 1. The number of aliphatic hydroxyl groups is 1. The summed E-state index contributed by atoms with van der Waals surface area (Å²) in [6, 6.07) is 0. The molecule has 0 aromatic heterocycles. The highest BCUT2D eigenvalue weighted by molar-refractivity contribution is 5.83. The summed E-state index contributed by atoms with van der Waals surface area (Å²) in [5, 5.41) is 8.55. The van der Waals surface area contributed by atoms with Gasteiger partial charge in [0, 0.05) is 18.9 Å². The molecule has 1 rings (SSSR count). The molecule has 1 aliphatic rings. The van der Waals surface area contributed by atoms with Crippen LogP contribution in [0.2, 0.25) is 0 Å². The molecular formula is C8H12O2. The SMILES string of the molecule is O=C1CCC=CC1CCO. The van der Waals surface area contributed by atoms with E-state index >= 15 is 0 Å². The van der Waals surface area contributed by atoms with Crippen LogP contribution in [0.3, 0.4) is 0 Å². The predicted octanol–water partition coefficient (Wildman–Crippen LogP) is 0.904. The molecule has 0 aromatic carbocycles. The lowest BCUT2D eigenvalue weighted by Gasteiger charge is -2.12. The van der Waals surface area contributed by atoms with E-state index in [2.05, 4.69) is 0 Å². The van der Waals surface area contributed by atoms with Crippen molar-refractivity contribution in [2.75, 3.05) is 6.61 Å². The van der Waals surface area contributed by atoms with Crippen LogP contribution in [-0.4, -0.2) is 17.5 Å². The van der Waals surface area contributed by atoms with Crippen molar-refractivity contribution >= 4 is 5.78 Å². The van der Waals surface area contributed by atoms with E-state index in [1.165, 1.54) is 0 Å². The number of rotatable bonds is 2. The van der Waals surface area contributed by atoms with Crippen LogP contribution in [0.5, 0.6) is 0 Å². The monoisotopic (exact) mass is 140 g/mol. The molecule has 10 heavy (non-hydrogen) atoms. The minimum Gasteiger partial charge on any atom is -0.396 e. The van der Waals surface area contributed by atoms with Crippen molar-refractivity contribution in [3.05, 3.63) is 12.2 Å². The lowest BCUT2D eigenvalue weighted by atomic mass is 9.92. The van der Waals surface area contributed by atoms with Crippen molar-refractivity contribution in [1.82, 2.24) is 0 Å².